The largest absolute Gasteiger partial charge is 0.390 e. The van der Waals surface area contributed by atoms with Gasteiger partial charge in [-0.2, -0.15) is 0 Å². The van der Waals surface area contributed by atoms with Gasteiger partial charge in [0.25, 0.3) is 0 Å². The van der Waals surface area contributed by atoms with Crippen LogP contribution in [0.1, 0.15) is 43.1 Å². The zero-order valence-corrected chi connectivity index (χ0v) is 16.2. The van der Waals surface area contributed by atoms with Gasteiger partial charge < -0.3 is 20.3 Å². The van der Waals surface area contributed by atoms with Crippen molar-refractivity contribution in [3.8, 4) is 0 Å². The number of carbonyl (C=O) groups is 1. The van der Waals surface area contributed by atoms with E-state index in [1.807, 2.05) is 24.4 Å². The minimum Gasteiger partial charge on any atom is -0.390 e. The summed E-state index contributed by atoms with van der Waals surface area (Å²) >= 11 is 0. The zero-order chi connectivity index (χ0) is 19.1. The van der Waals surface area contributed by atoms with Crippen LogP contribution >= 0.6 is 0 Å². The molecule has 27 heavy (non-hydrogen) atoms. The molecule has 0 saturated carbocycles. The second-order valence-electron chi connectivity index (χ2n) is 8.31. The molecule has 1 aromatic heterocycles. The molecule has 6 heteroatoms. The Kier molecular flexibility index (Phi) is 4.97. The van der Waals surface area contributed by atoms with Crippen LogP contribution < -0.4 is 5.73 Å². The van der Waals surface area contributed by atoms with E-state index in [9.17, 15) is 9.90 Å². The van der Waals surface area contributed by atoms with Gasteiger partial charge in [0.2, 0.25) is 5.91 Å². The topological polar surface area (TPSA) is 74.7 Å². The van der Waals surface area contributed by atoms with Gasteiger partial charge in [-0.1, -0.05) is 0 Å². The monoisotopic (exact) mass is 370 g/mol. The van der Waals surface area contributed by atoms with Gasteiger partial charge in [0, 0.05) is 47.8 Å². The quantitative estimate of drug-likeness (QED) is 0.861. The average molecular weight is 370 g/mol. The summed E-state index contributed by atoms with van der Waals surface area (Å²) in [6, 6.07) is 8.74. The second-order valence-corrected chi connectivity index (χ2v) is 8.31. The van der Waals surface area contributed by atoms with Gasteiger partial charge in [0.15, 0.2) is 0 Å². The van der Waals surface area contributed by atoms with Crippen molar-refractivity contribution in [2.75, 3.05) is 26.2 Å². The van der Waals surface area contributed by atoms with Crippen LogP contribution in [0.15, 0.2) is 30.5 Å². The number of piperidine rings is 1. The molecule has 2 aliphatic rings. The van der Waals surface area contributed by atoms with E-state index in [4.69, 9.17) is 5.73 Å². The number of carbonyl (C=O) groups excluding carboxylic acids is 1. The van der Waals surface area contributed by atoms with Crippen LogP contribution in [0.2, 0.25) is 0 Å². The number of aliphatic hydroxyl groups excluding tert-OH is 1. The molecule has 0 spiro atoms. The van der Waals surface area contributed by atoms with Crippen LogP contribution in [0.5, 0.6) is 0 Å². The maximum absolute atomic E-state index is 11.4. The molecule has 1 amide bonds. The number of β-amino-alcohol motifs (C(OH)–C–C–N with tert-alkyl or cyclic N) is 1. The normalized spacial score (nSPS) is 25.6. The molecule has 3 N–H and O–H groups in total. The lowest BCUT2D eigenvalue weighted by atomic mass is 10.0. The molecule has 6 nitrogen and oxygen atoms in total. The Balaban J connectivity index is 1.49. The highest BCUT2D eigenvalue weighted by Crippen LogP contribution is 2.31. The minimum absolute atomic E-state index is 0.0463. The van der Waals surface area contributed by atoms with Crippen LogP contribution in [-0.2, 0) is 0 Å². The van der Waals surface area contributed by atoms with E-state index >= 15 is 0 Å². The van der Waals surface area contributed by atoms with E-state index in [1.165, 1.54) is 12.8 Å². The molecule has 2 aromatic rings. The van der Waals surface area contributed by atoms with E-state index < -0.39 is 5.91 Å². The van der Waals surface area contributed by atoms with Gasteiger partial charge in [0.1, 0.15) is 0 Å². The highest BCUT2D eigenvalue weighted by Gasteiger charge is 2.37. The Morgan fingerprint density at radius 1 is 1.19 bits per heavy atom. The Bertz CT molecular complexity index is 823. The van der Waals surface area contributed by atoms with Gasteiger partial charge in [-0.3, -0.25) is 9.69 Å². The van der Waals surface area contributed by atoms with Crippen molar-refractivity contribution in [3.63, 3.8) is 0 Å². The first-order valence-electron chi connectivity index (χ1n) is 10.0. The molecule has 146 valence electrons. The number of nitrogens with two attached hydrogens (primary N) is 1. The van der Waals surface area contributed by atoms with Crippen molar-refractivity contribution in [1.82, 2.24) is 14.4 Å². The Morgan fingerprint density at radius 2 is 1.93 bits per heavy atom. The predicted octanol–water partition coefficient (Wildman–Crippen LogP) is 1.83. The van der Waals surface area contributed by atoms with Crippen molar-refractivity contribution in [3.05, 3.63) is 36.0 Å². The maximum atomic E-state index is 11.4. The predicted molar refractivity (Wildman–Crippen MR) is 107 cm³/mol. The molecule has 0 radical (unpaired) electrons. The number of rotatable bonds is 4. The number of likely N-dealkylation sites (tertiary alicyclic amines) is 2. The Morgan fingerprint density at radius 3 is 2.59 bits per heavy atom. The fraction of sp³-hybridized carbons (Fsp3) is 0.571. The summed E-state index contributed by atoms with van der Waals surface area (Å²) in [7, 11) is 0. The first kappa shape index (κ1) is 18.5. The Hall–Kier alpha value is -1.89. The van der Waals surface area contributed by atoms with Crippen molar-refractivity contribution in [2.24, 2.45) is 5.73 Å². The molecule has 0 unspecified atom stereocenters. The van der Waals surface area contributed by atoms with Gasteiger partial charge >= 0.3 is 0 Å². The third-order valence-corrected chi connectivity index (χ3v) is 6.40. The molecule has 2 saturated heterocycles. The first-order valence-corrected chi connectivity index (χ1v) is 10.0. The van der Waals surface area contributed by atoms with Crippen molar-refractivity contribution < 1.29 is 9.90 Å². The van der Waals surface area contributed by atoms with Crippen LogP contribution in [0.3, 0.4) is 0 Å². The van der Waals surface area contributed by atoms with Gasteiger partial charge in [-0.25, -0.2) is 0 Å². The molecule has 3 heterocycles. The summed E-state index contributed by atoms with van der Waals surface area (Å²) in [5.41, 5.74) is 6.95. The molecule has 4 rings (SSSR count). The lowest BCUT2D eigenvalue weighted by Crippen LogP contribution is -2.46. The summed E-state index contributed by atoms with van der Waals surface area (Å²) < 4.78 is 2.16. The van der Waals surface area contributed by atoms with Gasteiger partial charge in [-0.05, 0) is 64.0 Å². The smallest absolute Gasteiger partial charge is 0.248 e. The molecule has 2 atom stereocenters. The number of aliphatic hydroxyl groups is 1. The summed E-state index contributed by atoms with van der Waals surface area (Å²) in [4.78, 5) is 16.4. The van der Waals surface area contributed by atoms with Crippen LogP contribution in [-0.4, -0.2) is 69.7 Å². The van der Waals surface area contributed by atoms with E-state index in [-0.39, 0.29) is 12.1 Å². The fourth-order valence-corrected chi connectivity index (χ4v) is 4.74. The van der Waals surface area contributed by atoms with Crippen LogP contribution in [0.25, 0.3) is 10.9 Å². The van der Waals surface area contributed by atoms with E-state index in [2.05, 4.69) is 28.2 Å². The first-order chi connectivity index (χ1) is 12.9. The average Bonchev–Trinajstić information content (AvgIpc) is 3.24. The maximum Gasteiger partial charge on any atom is 0.248 e. The molecule has 2 fully saturated rings. The standard InChI is InChI=1S/C21H30N4O2/c1-14(2)23-8-6-17(7-9-23)24-12-19(20(26)13-24)25-10-5-15-11-16(21(22)27)3-4-18(15)25/h3-5,10-11,14,17,19-20,26H,6-9,12-13H2,1-2H3,(H2,22,27)/t19-,20-/m1/s1. The molecule has 0 bridgehead atoms. The summed E-state index contributed by atoms with van der Waals surface area (Å²) in [5, 5.41) is 11.7. The molecular formula is C21H30N4O2. The minimum atomic E-state index is -0.413. The number of aromatic nitrogens is 1. The van der Waals surface area contributed by atoms with Gasteiger partial charge in [-0.15, -0.1) is 0 Å². The number of fused-ring (bicyclic) bond motifs is 1. The molecule has 0 aliphatic carbocycles. The van der Waals surface area contributed by atoms with E-state index in [1.54, 1.807) is 6.07 Å². The lowest BCUT2D eigenvalue weighted by molar-refractivity contribution is 0.0940. The highest BCUT2D eigenvalue weighted by atomic mass is 16.3. The van der Waals surface area contributed by atoms with E-state index in [0.29, 0.717) is 17.6 Å². The third kappa shape index (κ3) is 3.49. The number of benzene rings is 1. The SMILES string of the molecule is CC(C)N1CCC(N2C[C@@H](O)[C@H](n3ccc4cc(C(N)=O)ccc43)C2)CC1. The fourth-order valence-electron chi connectivity index (χ4n) is 4.74. The van der Waals surface area contributed by atoms with Gasteiger partial charge in [0.05, 0.1) is 12.1 Å². The Labute approximate surface area is 160 Å². The molecule has 1 aromatic carbocycles. The highest BCUT2D eigenvalue weighted by molar-refractivity contribution is 5.97. The number of hydrogen-bond acceptors (Lipinski definition) is 4. The summed E-state index contributed by atoms with van der Waals surface area (Å²) in [6.45, 7) is 8.41. The molecular weight excluding hydrogens is 340 g/mol. The van der Waals surface area contributed by atoms with Crippen LogP contribution in [0.4, 0.5) is 0 Å². The number of hydrogen-bond donors (Lipinski definition) is 2. The second kappa shape index (κ2) is 7.26. The van der Waals surface area contributed by atoms with Crippen molar-refractivity contribution in [1.29, 1.82) is 0 Å². The lowest BCUT2D eigenvalue weighted by Gasteiger charge is -2.38. The number of amides is 1. The number of primary amides is 1. The summed E-state index contributed by atoms with van der Waals surface area (Å²) in [6.07, 6.45) is 3.99. The van der Waals surface area contributed by atoms with Crippen LogP contribution in [0, 0.1) is 0 Å². The third-order valence-electron chi connectivity index (χ3n) is 6.40. The number of nitrogens with zero attached hydrogens (tertiary/aromatic N) is 3. The van der Waals surface area contributed by atoms with Crippen molar-refractivity contribution in [2.45, 2.75) is 50.9 Å². The summed E-state index contributed by atoms with van der Waals surface area (Å²) in [5.74, 6) is -0.413. The zero-order valence-electron chi connectivity index (χ0n) is 16.2. The molecule has 2 aliphatic heterocycles. The van der Waals surface area contributed by atoms with E-state index in [0.717, 1.165) is 37.1 Å². The van der Waals surface area contributed by atoms with Crippen molar-refractivity contribution >= 4 is 16.8 Å².